The van der Waals surface area contributed by atoms with E-state index in [4.69, 9.17) is 9.72 Å². The molecule has 3 rings (SSSR count). The van der Waals surface area contributed by atoms with Gasteiger partial charge in [0, 0.05) is 5.56 Å². The second-order valence-corrected chi connectivity index (χ2v) is 5.63. The van der Waals surface area contributed by atoms with Gasteiger partial charge >= 0.3 is 0 Å². The molecule has 0 spiro atoms. The summed E-state index contributed by atoms with van der Waals surface area (Å²) in [7, 11) is 1.69. The Morgan fingerprint density at radius 3 is 2.58 bits per heavy atom. The minimum atomic E-state index is 0.866. The van der Waals surface area contributed by atoms with Crippen molar-refractivity contribution in [2.75, 3.05) is 7.11 Å². The molecule has 0 saturated carbocycles. The summed E-state index contributed by atoms with van der Waals surface area (Å²) in [5, 5.41) is 1.05. The number of benzene rings is 2. The average molecular weight is 269 g/mol. The van der Waals surface area contributed by atoms with Gasteiger partial charge in [0.2, 0.25) is 0 Å². The Bertz CT molecular complexity index is 707. The molecule has 2 nitrogen and oxygen atoms in total. The molecular weight excluding hydrogens is 254 g/mol. The molecule has 0 unspecified atom stereocenters. The maximum absolute atomic E-state index is 5.27. The third-order valence-electron chi connectivity index (χ3n) is 3.26. The molecule has 0 fully saturated rings. The third-order valence-corrected chi connectivity index (χ3v) is 4.50. The van der Waals surface area contributed by atoms with Crippen molar-refractivity contribution in [3.8, 4) is 16.3 Å². The van der Waals surface area contributed by atoms with Crippen LogP contribution in [0.2, 0.25) is 0 Å². The fraction of sp³-hybridized carbons (Fsp3) is 0.188. The number of aryl methyl sites for hydroxylation is 2. The first-order valence-electron chi connectivity index (χ1n) is 6.20. The summed E-state index contributed by atoms with van der Waals surface area (Å²) >= 11 is 1.74. The van der Waals surface area contributed by atoms with Crippen molar-refractivity contribution < 1.29 is 4.74 Å². The fourth-order valence-electron chi connectivity index (χ4n) is 2.14. The lowest BCUT2D eigenvalue weighted by Crippen LogP contribution is -1.83. The van der Waals surface area contributed by atoms with Gasteiger partial charge in [-0.1, -0.05) is 24.3 Å². The van der Waals surface area contributed by atoms with Gasteiger partial charge in [-0.3, -0.25) is 0 Å². The van der Waals surface area contributed by atoms with E-state index in [1.54, 1.807) is 18.4 Å². The van der Waals surface area contributed by atoms with Crippen LogP contribution in [0.3, 0.4) is 0 Å². The SMILES string of the molecule is COc1cccc(-c2nc3c(C)ccc(C)c3s2)c1. The molecule has 0 bridgehead atoms. The Morgan fingerprint density at radius 1 is 1.05 bits per heavy atom. The third kappa shape index (κ3) is 2.10. The first kappa shape index (κ1) is 12.2. The zero-order valence-corrected chi connectivity index (χ0v) is 12.0. The van der Waals surface area contributed by atoms with Crippen LogP contribution in [-0.2, 0) is 0 Å². The number of methoxy groups -OCH3 is 1. The lowest BCUT2D eigenvalue weighted by Gasteiger charge is -2.00. The number of hydrogen-bond donors (Lipinski definition) is 0. The minimum Gasteiger partial charge on any atom is -0.497 e. The molecule has 19 heavy (non-hydrogen) atoms. The average Bonchev–Trinajstić information content (AvgIpc) is 2.89. The van der Waals surface area contributed by atoms with Crippen molar-refractivity contribution in [3.63, 3.8) is 0 Å². The first-order chi connectivity index (χ1) is 9.19. The van der Waals surface area contributed by atoms with Gasteiger partial charge in [0.1, 0.15) is 10.8 Å². The summed E-state index contributed by atoms with van der Waals surface area (Å²) in [6.45, 7) is 4.24. The van der Waals surface area contributed by atoms with Crippen LogP contribution in [0, 0.1) is 13.8 Å². The summed E-state index contributed by atoms with van der Waals surface area (Å²) in [5.74, 6) is 0.866. The highest BCUT2D eigenvalue weighted by molar-refractivity contribution is 7.21. The van der Waals surface area contributed by atoms with Gasteiger partial charge in [-0.05, 0) is 37.1 Å². The largest absolute Gasteiger partial charge is 0.497 e. The highest BCUT2D eigenvalue weighted by Gasteiger charge is 2.10. The van der Waals surface area contributed by atoms with Gasteiger partial charge in [0.25, 0.3) is 0 Å². The van der Waals surface area contributed by atoms with E-state index in [1.165, 1.54) is 15.8 Å². The van der Waals surface area contributed by atoms with E-state index < -0.39 is 0 Å². The molecule has 0 aliphatic heterocycles. The molecular formula is C16H15NOS. The summed E-state index contributed by atoms with van der Waals surface area (Å²) in [5.41, 5.74) is 4.74. The molecule has 0 atom stereocenters. The normalized spacial score (nSPS) is 10.9. The van der Waals surface area contributed by atoms with E-state index in [0.717, 1.165) is 21.8 Å². The molecule has 1 aromatic heterocycles. The second kappa shape index (κ2) is 4.67. The van der Waals surface area contributed by atoms with E-state index in [1.807, 2.05) is 18.2 Å². The van der Waals surface area contributed by atoms with Gasteiger partial charge in [-0.15, -0.1) is 11.3 Å². The zero-order valence-electron chi connectivity index (χ0n) is 11.2. The van der Waals surface area contributed by atoms with Crippen molar-refractivity contribution in [2.24, 2.45) is 0 Å². The molecule has 1 heterocycles. The molecule has 3 heteroatoms. The second-order valence-electron chi connectivity index (χ2n) is 4.63. The maximum Gasteiger partial charge on any atom is 0.124 e. The molecule has 0 aliphatic carbocycles. The van der Waals surface area contributed by atoms with Crippen LogP contribution < -0.4 is 4.74 Å². The Kier molecular flexibility index (Phi) is 2.99. The Labute approximate surface area is 116 Å². The van der Waals surface area contributed by atoms with E-state index in [9.17, 15) is 0 Å². The van der Waals surface area contributed by atoms with E-state index in [-0.39, 0.29) is 0 Å². The molecule has 3 aromatic rings. The number of hydrogen-bond acceptors (Lipinski definition) is 3. The number of rotatable bonds is 2. The van der Waals surface area contributed by atoms with Crippen LogP contribution in [0.5, 0.6) is 5.75 Å². The van der Waals surface area contributed by atoms with Gasteiger partial charge in [-0.2, -0.15) is 0 Å². The predicted octanol–water partition coefficient (Wildman–Crippen LogP) is 4.59. The van der Waals surface area contributed by atoms with Gasteiger partial charge in [0.15, 0.2) is 0 Å². The van der Waals surface area contributed by atoms with Gasteiger partial charge < -0.3 is 4.74 Å². The quantitative estimate of drug-likeness (QED) is 0.679. The molecule has 0 radical (unpaired) electrons. The Balaban J connectivity index is 2.20. The minimum absolute atomic E-state index is 0.866. The molecule has 0 N–H and O–H groups in total. The Morgan fingerprint density at radius 2 is 1.84 bits per heavy atom. The monoisotopic (exact) mass is 269 g/mol. The van der Waals surface area contributed by atoms with E-state index in [0.29, 0.717) is 0 Å². The molecule has 96 valence electrons. The smallest absolute Gasteiger partial charge is 0.124 e. The van der Waals surface area contributed by atoms with E-state index >= 15 is 0 Å². The highest BCUT2D eigenvalue weighted by Crippen LogP contribution is 2.34. The Hall–Kier alpha value is -1.87. The topological polar surface area (TPSA) is 22.1 Å². The van der Waals surface area contributed by atoms with Crippen LogP contribution in [0.25, 0.3) is 20.8 Å². The first-order valence-corrected chi connectivity index (χ1v) is 7.02. The standard InChI is InChI=1S/C16H15NOS/c1-10-7-8-11(2)15-14(10)17-16(19-15)12-5-4-6-13(9-12)18-3/h4-9H,1-3H3. The maximum atomic E-state index is 5.27. The van der Waals surface area contributed by atoms with Crippen molar-refractivity contribution in [3.05, 3.63) is 47.5 Å². The predicted molar refractivity (Wildman–Crippen MR) is 81.1 cm³/mol. The lowest BCUT2D eigenvalue weighted by atomic mass is 10.1. The molecule has 0 aliphatic rings. The number of nitrogens with zero attached hydrogens (tertiary/aromatic N) is 1. The van der Waals surface area contributed by atoms with Crippen molar-refractivity contribution >= 4 is 21.6 Å². The lowest BCUT2D eigenvalue weighted by molar-refractivity contribution is 0.415. The summed E-state index contributed by atoms with van der Waals surface area (Å²) in [6, 6.07) is 12.3. The summed E-state index contributed by atoms with van der Waals surface area (Å²) < 4.78 is 6.55. The summed E-state index contributed by atoms with van der Waals surface area (Å²) in [4.78, 5) is 4.78. The van der Waals surface area contributed by atoms with Crippen LogP contribution >= 0.6 is 11.3 Å². The number of thiazole rings is 1. The summed E-state index contributed by atoms with van der Waals surface area (Å²) in [6.07, 6.45) is 0. The number of fused-ring (bicyclic) bond motifs is 1. The van der Waals surface area contributed by atoms with Crippen LogP contribution in [-0.4, -0.2) is 12.1 Å². The number of ether oxygens (including phenoxy) is 1. The molecule has 0 amide bonds. The van der Waals surface area contributed by atoms with Crippen LogP contribution in [0.1, 0.15) is 11.1 Å². The van der Waals surface area contributed by atoms with Crippen molar-refractivity contribution in [2.45, 2.75) is 13.8 Å². The van der Waals surface area contributed by atoms with Crippen molar-refractivity contribution in [1.29, 1.82) is 0 Å². The molecule has 0 saturated heterocycles. The molecule has 2 aromatic carbocycles. The fourth-order valence-corrected chi connectivity index (χ4v) is 3.25. The number of aromatic nitrogens is 1. The van der Waals surface area contributed by atoms with Gasteiger partial charge in [0.05, 0.1) is 17.3 Å². The van der Waals surface area contributed by atoms with Gasteiger partial charge in [-0.25, -0.2) is 4.98 Å². The van der Waals surface area contributed by atoms with Crippen LogP contribution in [0.15, 0.2) is 36.4 Å². The zero-order chi connectivity index (χ0) is 13.4. The van der Waals surface area contributed by atoms with Crippen molar-refractivity contribution in [1.82, 2.24) is 4.98 Å². The van der Waals surface area contributed by atoms with Crippen LogP contribution in [0.4, 0.5) is 0 Å². The van der Waals surface area contributed by atoms with E-state index in [2.05, 4.69) is 32.0 Å². The highest BCUT2D eigenvalue weighted by atomic mass is 32.1.